The highest BCUT2D eigenvalue weighted by Crippen LogP contribution is 2.16. The first-order valence-electron chi connectivity index (χ1n) is 7.59. The third kappa shape index (κ3) is 6.20. The van der Waals surface area contributed by atoms with E-state index in [0.717, 1.165) is 25.8 Å². The number of esters is 1. The van der Waals surface area contributed by atoms with E-state index in [4.69, 9.17) is 4.74 Å². The third-order valence-corrected chi connectivity index (χ3v) is 3.47. The minimum absolute atomic E-state index is 0.0752. The van der Waals surface area contributed by atoms with Crippen molar-refractivity contribution in [3.8, 4) is 0 Å². The molecule has 0 saturated carbocycles. The first kappa shape index (κ1) is 16.7. The molecule has 0 spiro atoms. The Labute approximate surface area is 122 Å². The van der Waals surface area contributed by atoms with Crippen LogP contribution in [0.15, 0.2) is 24.3 Å². The molecule has 1 atom stereocenters. The maximum absolute atomic E-state index is 11.2. The zero-order valence-corrected chi connectivity index (χ0v) is 12.9. The van der Waals surface area contributed by atoms with Gasteiger partial charge in [-0.15, -0.1) is 0 Å². The lowest BCUT2D eigenvalue weighted by Crippen LogP contribution is -2.20. The molecule has 0 radical (unpaired) electrons. The van der Waals surface area contributed by atoms with Crippen LogP contribution in [-0.2, 0) is 9.53 Å². The number of rotatable bonds is 9. The van der Waals surface area contributed by atoms with Crippen molar-refractivity contribution in [3.63, 3.8) is 0 Å². The van der Waals surface area contributed by atoms with Gasteiger partial charge in [-0.3, -0.25) is 4.79 Å². The largest absolute Gasteiger partial charge is 0.466 e. The van der Waals surface area contributed by atoms with Gasteiger partial charge < -0.3 is 10.1 Å². The molecule has 1 aromatic carbocycles. The first-order valence-corrected chi connectivity index (χ1v) is 7.59. The van der Waals surface area contributed by atoms with Crippen molar-refractivity contribution < 1.29 is 9.53 Å². The van der Waals surface area contributed by atoms with Crippen molar-refractivity contribution in [3.05, 3.63) is 35.4 Å². The molecule has 0 bridgehead atoms. The Balaban J connectivity index is 2.12. The zero-order valence-electron chi connectivity index (χ0n) is 12.9. The van der Waals surface area contributed by atoms with Gasteiger partial charge in [-0.1, -0.05) is 30.7 Å². The van der Waals surface area contributed by atoms with Crippen molar-refractivity contribution in [2.75, 3.05) is 13.2 Å². The average molecular weight is 277 g/mol. The van der Waals surface area contributed by atoms with Crippen molar-refractivity contribution in [1.82, 2.24) is 5.32 Å². The highest BCUT2D eigenvalue weighted by Gasteiger charge is 2.06. The van der Waals surface area contributed by atoms with Crippen molar-refractivity contribution >= 4 is 5.97 Å². The van der Waals surface area contributed by atoms with Gasteiger partial charge >= 0.3 is 5.97 Å². The molecular formula is C17H27NO2. The zero-order chi connectivity index (χ0) is 14.8. The lowest BCUT2D eigenvalue weighted by molar-refractivity contribution is -0.143. The fourth-order valence-electron chi connectivity index (χ4n) is 2.31. The molecule has 0 aliphatic rings. The SMILES string of the molecule is CCOC(=O)CCCCCN[C@H](C)c1ccccc1C. The van der Waals surface area contributed by atoms with Gasteiger partial charge in [-0.25, -0.2) is 0 Å². The highest BCUT2D eigenvalue weighted by atomic mass is 16.5. The van der Waals surface area contributed by atoms with Gasteiger partial charge in [-0.05, 0) is 51.3 Å². The summed E-state index contributed by atoms with van der Waals surface area (Å²) in [4.78, 5) is 11.2. The molecule has 0 saturated heterocycles. The van der Waals surface area contributed by atoms with Crippen LogP contribution in [0.4, 0.5) is 0 Å². The summed E-state index contributed by atoms with van der Waals surface area (Å²) in [7, 11) is 0. The van der Waals surface area contributed by atoms with E-state index in [1.165, 1.54) is 11.1 Å². The normalized spacial score (nSPS) is 12.2. The molecule has 0 heterocycles. The Hall–Kier alpha value is -1.35. The van der Waals surface area contributed by atoms with Crippen molar-refractivity contribution in [1.29, 1.82) is 0 Å². The molecule has 0 aliphatic carbocycles. The summed E-state index contributed by atoms with van der Waals surface area (Å²) < 4.78 is 4.90. The molecule has 0 fully saturated rings. The number of carbonyl (C=O) groups excluding carboxylic acids is 1. The van der Waals surface area contributed by atoms with Crippen LogP contribution >= 0.6 is 0 Å². The number of nitrogens with one attached hydrogen (secondary N) is 1. The molecule has 3 heteroatoms. The first-order chi connectivity index (χ1) is 9.65. The summed E-state index contributed by atoms with van der Waals surface area (Å²) in [5.74, 6) is -0.0752. The van der Waals surface area contributed by atoms with Gasteiger partial charge in [0.05, 0.1) is 6.61 Å². The fourth-order valence-corrected chi connectivity index (χ4v) is 2.31. The van der Waals surface area contributed by atoms with Crippen LogP contribution in [0.1, 0.15) is 56.7 Å². The Morgan fingerprint density at radius 1 is 1.25 bits per heavy atom. The lowest BCUT2D eigenvalue weighted by atomic mass is 10.0. The molecule has 112 valence electrons. The Kier molecular flexibility index (Phi) is 7.97. The maximum atomic E-state index is 11.2. The number of unbranched alkanes of at least 4 members (excludes halogenated alkanes) is 2. The Bertz CT molecular complexity index is 404. The maximum Gasteiger partial charge on any atom is 0.305 e. The highest BCUT2D eigenvalue weighted by molar-refractivity contribution is 5.69. The predicted octanol–water partition coefficient (Wildman–Crippen LogP) is 3.77. The van der Waals surface area contributed by atoms with Crippen LogP contribution < -0.4 is 5.32 Å². The van der Waals surface area contributed by atoms with Crippen LogP contribution in [0.25, 0.3) is 0 Å². The van der Waals surface area contributed by atoms with E-state index >= 15 is 0 Å². The Morgan fingerprint density at radius 3 is 2.70 bits per heavy atom. The third-order valence-electron chi connectivity index (χ3n) is 3.47. The van der Waals surface area contributed by atoms with Crippen molar-refractivity contribution in [2.24, 2.45) is 0 Å². The van der Waals surface area contributed by atoms with E-state index in [-0.39, 0.29) is 5.97 Å². The van der Waals surface area contributed by atoms with E-state index in [0.29, 0.717) is 19.1 Å². The van der Waals surface area contributed by atoms with Crippen LogP contribution in [0.3, 0.4) is 0 Å². The average Bonchev–Trinajstić information content (AvgIpc) is 2.43. The molecule has 0 unspecified atom stereocenters. The second-order valence-electron chi connectivity index (χ2n) is 5.15. The van der Waals surface area contributed by atoms with Crippen molar-refractivity contribution in [2.45, 2.75) is 52.5 Å². The molecule has 20 heavy (non-hydrogen) atoms. The summed E-state index contributed by atoms with van der Waals surface area (Å²) in [5, 5.41) is 3.54. The van der Waals surface area contributed by atoms with E-state index in [1.54, 1.807) is 0 Å². The van der Waals surface area contributed by atoms with E-state index in [2.05, 4.69) is 43.4 Å². The number of carbonyl (C=O) groups is 1. The summed E-state index contributed by atoms with van der Waals surface area (Å²) >= 11 is 0. The van der Waals surface area contributed by atoms with Gasteiger partial charge in [0.2, 0.25) is 0 Å². The minimum atomic E-state index is -0.0752. The second-order valence-corrected chi connectivity index (χ2v) is 5.15. The predicted molar refractivity (Wildman–Crippen MR) is 82.7 cm³/mol. The molecule has 3 nitrogen and oxygen atoms in total. The lowest BCUT2D eigenvalue weighted by Gasteiger charge is -2.16. The molecular weight excluding hydrogens is 250 g/mol. The molecule has 1 aromatic rings. The van der Waals surface area contributed by atoms with Gasteiger partial charge in [0.1, 0.15) is 0 Å². The smallest absolute Gasteiger partial charge is 0.305 e. The van der Waals surface area contributed by atoms with E-state index < -0.39 is 0 Å². The standard InChI is InChI=1S/C17H27NO2/c1-4-20-17(19)12-6-5-9-13-18-15(3)16-11-8-7-10-14(16)2/h7-8,10-11,15,18H,4-6,9,12-13H2,1-3H3/t15-/m1/s1. The number of aryl methyl sites for hydroxylation is 1. The van der Waals surface area contributed by atoms with Gasteiger partial charge in [-0.2, -0.15) is 0 Å². The molecule has 0 aliphatic heterocycles. The molecule has 0 amide bonds. The van der Waals surface area contributed by atoms with Crippen LogP contribution in [0.5, 0.6) is 0 Å². The Morgan fingerprint density at radius 2 is 2.00 bits per heavy atom. The molecule has 1 rings (SSSR count). The fraction of sp³-hybridized carbons (Fsp3) is 0.588. The summed E-state index contributed by atoms with van der Waals surface area (Å²) in [6.07, 6.45) is 3.61. The van der Waals surface area contributed by atoms with Crippen LogP contribution in [-0.4, -0.2) is 19.1 Å². The second kappa shape index (κ2) is 9.54. The molecule has 0 aromatic heterocycles. The van der Waals surface area contributed by atoms with E-state index in [9.17, 15) is 4.79 Å². The van der Waals surface area contributed by atoms with Gasteiger partial charge in [0.15, 0.2) is 0 Å². The van der Waals surface area contributed by atoms with Gasteiger partial charge in [0, 0.05) is 12.5 Å². The minimum Gasteiger partial charge on any atom is -0.466 e. The van der Waals surface area contributed by atoms with Crippen LogP contribution in [0.2, 0.25) is 0 Å². The topological polar surface area (TPSA) is 38.3 Å². The number of ether oxygens (including phenoxy) is 1. The van der Waals surface area contributed by atoms with Crippen LogP contribution in [0, 0.1) is 6.92 Å². The van der Waals surface area contributed by atoms with E-state index in [1.807, 2.05) is 6.92 Å². The number of hydrogen-bond acceptors (Lipinski definition) is 3. The molecule has 1 N–H and O–H groups in total. The monoisotopic (exact) mass is 277 g/mol. The number of hydrogen-bond donors (Lipinski definition) is 1. The summed E-state index contributed by atoms with van der Waals surface area (Å²) in [6, 6.07) is 8.85. The quantitative estimate of drug-likeness (QED) is 0.551. The van der Waals surface area contributed by atoms with Gasteiger partial charge in [0.25, 0.3) is 0 Å². The summed E-state index contributed by atoms with van der Waals surface area (Å²) in [6.45, 7) is 7.65. The summed E-state index contributed by atoms with van der Waals surface area (Å²) in [5.41, 5.74) is 2.69. The number of benzene rings is 1.